The number of rotatable bonds is 7. The second-order valence-electron chi connectivity index (χ2n) is 7.08. The van der Waals surface area contributed by atoms with Crippen molar-refractivity contribution in [2.75, 3.05) is 26.9 Å². The molecule has 2 aromatic carbocycles. The van der Waals surface area contributed by atoms with Crippen LogP contribution >= 0.6 is 0 Å². The van der Waals surface area contributed by atoms with E-state index in [4.69, 9.17) is 9.47 Å². The zero-order valence-electron chi connectivity index (χ0n) is 16.4. The zero-order valence-corrected chi connectivity index (χ0v) is 17.3. The van der Waals surface area contributed by atoms with E-state index in [-0.39, 0.29) is 12.1 Å². The van der Waals surface area contributed by atoms with Crippen LogP contribution in [0, 0.1) is 0 Å². The number of amides is 1. The molecule has 162 valence electrons. The average molecular weight is 439 g/mol. The Morgan fingerprint density at radius 1 is 1.13 bits per heavy atom. The highest BCUT2D eigenvalue weighted by molar-refractivity contribution is 7.91. The molecule has 0 unspecified atom stereocenters. The Hall–Kier alpha value is -2.52. The minimum absolute atomic E-state index is 0.179. The Labute approximate surface area is 174 Å². The number of alkyl halides is 2. The molecule has 0 atom stereocenters. The van der Waals surface area contributed by atoms with E-state index in [1.165, 1.54) is 18.2 Å². The molecule has 1 amide bonds. The molecule has 1 heterocycles. The fraction of sp³-hybridized carbons (Fsp3) is 0.381. The highest BCUT2D eigenvalue weighted by Crippen LogP contribution is 2.39. The highest BCUT2D eigenvalue weighted by Gasteiger charge is 2.38. The first-order valence-electron chi connectivity index (χ1n) is 9.42. The Morgan fingerprint density at radius 3 is 2.43 bits per heavy atom. The topological polar surface area (TPSA) is 81.7 Å². The van der Waals surface area contributed by atoms with Crippen molar-refractivity contribution in [1.29, 1.82) is 0 Å². The summed E-state index contributed by atoms with van der Waals surface area (Å²) in [6.07, 6.45) is 1.23. The summed E-state index contributed by atoms with van der Waals surface area (Å²) in [6.45, 7) is 1.16. The van der Waals surface area contributed by atoms with Crippen molar-refractivity contribution in [2.45, 2.75) is 28.9 Å². The van der Waals surface area contributed by atoms with E-state index >= 15 is 0 Å². The molecule has 0 radical (unpaired) electrons. The summed E-state index contributed by atoms with van der Waals surface area (Å²) in [4.78, 5) is 12.1. The van der Waals surface area contributed by atoms with Crippen LogP contribution in [0.5, 0.6) is 5.75 Å². The lowest BCUT2D eigenvalue weighted by Gasteiger charge is -2.38. The maximum absolute atomic E-state index is 13.0. The summed E-state index contributed by atoms with van der Waals surface area (Å²) in [6, 6.07) is 12.5. The van der Waals surface area contributed by atoms with Gasteiger partial charge in [0.15, 0.2) is 0 Å². The fourth-order valence-corrected chi connectivity index (χ4v) is 4.66. The Kier molecular flexibility index (Phi) is 6.72. The molecule has 0 aliphatic carbocycles. The number of nitrogens with one attached hydrogen (secondary N) is 1. The zero-order chi connectivity index (χ0) is 21.8. The first kappa shape index (κ1) is 22.2. The fourth-order valence-electron chi connectivity index (χ4n) is 3.73. The van der Waals surface area contributed by atoms with E-state index in [9.17, 15) is 22.0 Å². The summed E-state index contributed by atoms with van der Waals surface area (Å²) < 4.78 is 61.0. The molecule has 1 N–H and O–H groups in total. The van der Waals surface area contributed by atoms with Gasteiger partial charge in [0.2, 0.25) is 9.84 Å². The largest absolute Gasteiger partial charge is 0.496 e. The number of hydrogen-bond acceptors (Lipinski definition) is 5. The molecule has 9 heteroatoms. The Morgan fingerprint density at radius 2 is 1.77 bits per heavy atom. The summed E-state index contributed by atoms with van der Waals surface area (Å²) >= 11 is 0. The lowest BCUT2D eigenvalue weighted by atomic mass is 9.73. The number of carbonyl (C=O) groups excluding carboxylic acids is 1. The standard InChI is InChI=1S/C21H23F2NO5S/c1-28-17-8-4-3-7-16(17)21(10-12-29-13-11-21)14-24-19(25)15-6-2-5-9-18(15)30(26,27)20(22)23/h2-9,20H,10-14H2,1H3,(H,24,25). The molecular weight excluding hydrogens is 416 g/mol. The molecule has 1 aliphatic heterocycles. The van der Waals surface area contributed by atoms with Crippen LogP contribution in [0.4, 0.5) is 8.78 Å². The van der Waals surface area contributed by atoms with E-state index in [1.54, 1.807) is 7.11 Å². The molecule has 0 bridgehead atoms. The number of sulfone groups is 1. The Balaban J connectivity index is 1.90. The average Bonchev–Trinajstić information content (AvgIpc) is 2.78. The first-order chi connectivity index (χ1) is 14.3. The van der Waals surface area contributed by atoms with Gasteiger partial charge in [-0.1, -0.05) is 30.3 Å². The number of ether oxygens (including phenoxy) is 2. The van der Waals surface area contributed by atoms with Crippen molar-refractivity contribution in [1.82, 2.24) is 5.32 Å². The molecule has 6 nitrogen and oxygen atoms in total. The molecule has 0 aromatic heterocycles. The predicted molar refractivity (Wildman–Crippen MR) is 107 cm³/mol. The van der Waals surface area contributed by atoms with E-state index in [0.717, 1.165) is 11.6 Å². The van der Waals surface area contributed by atoms with Crippen LogP contribution in [0.25, 0.3) is 0 Å². The van der Waals surface area contributed by atoms with E-state index < -0.39 is 31.8 Å². The normalized spacial score (nSPS) is 16.3. The van der Waals surface area contributed by atoms with Crippen LogP contribution < -0.4 is 10.1 Å². The molecular formula is C21H23F2NO5S. The van der Waals surface area contributed by atoms with E-state index in [2.05, 4.69) is 5.32 Å². The lowest BCUT2D eigenvalue weighted by Crippen LogP contribution is -2.45. The quantitative estimate of drug-likeness (QED) is 0.717. The molecule has 0 spiro atoms. The third-order valence-electron chi connectivity index (χ3n) is 5.39. The predicted octanol–water partition coefficient (Wildman–Crippen LogP) is 3.17. The third kappa shape index (κ3) is 4.32. The maximum atomic E-state index is 13.0. The molecule has 1 saturated heterocycles. The van der Waals surface area contributed by atoms with Crippen molar-refractivity contribution in [3.05, 3.63) is 59.7 Å². The highest BCUT2D eigenvalue weighted by atomic mass is 32.2. The molecule has 1 fully saturated rings. The minimum Gasteiger partial charge on any atom is -0.496 e. The van der Waals surface area contributed by atoms with E-state index in [0.29, 0.717) is 31.8 Å². The van der Waals surface area contributed by atoms with Crippen LogP contribution in [-0.4, -0.2) is 47.0 Å². The van der Waals surface area contributed by atoms with Gasteiger partial charge in [0, 0.05) is 30.7 Å². The van der Waals surface area contributed by atoms with Crippen LogP contribution in [0.15, 0.2) is 53.4 Å². The van der Waals surface area contributed by atoms with Crippen molar-refractivity contribution in [3.8, 4) is 5.75 Å². The van der Waals surface area contributed by atoms with Gasteiger partial charge in [-0.15, -0.1) is 0 Å². The number of methoxy groups -OCH3 is 1. The van der Waals surface area contributed by atoms with Crippen molar-refractivity contribution in [3.63, 3.8) is 0 Å². The number of para-hydroxylation sites is 1. The number of carbonyl (C=O) groups is 1. The molecule has 0 saturated carbocycles. The van der Waals surface area contributed by atoms with Crippen LogP contribution in [0.1, 0.15) is 28.8 Å². The number of hydrogen-bond donors (Lipinski definition) is 1. The summed E-state index contributed by atoms with van der Waals surface area (Å²) in [5, 5.41) is 2.75. The van der Waals surface area contributed by atoms with Crippen LogP contribution in [-0.2, 0) is 20.0 Å². The van der Waals surface area contributed by atoms with E-state index in [1.807, 2.05) is 24.3 Å². The maximum Gasteiger partial charge on any atom is 0.341 e. The second-order valence-corrected chi connectivity index (χ2v) is 8.96. The summed E-state index contributed by atoms with van der Waals surface area (Å²) in [7, 11) is -3.34. The van der Waals surface area contributed by atoms with Crippen molar-refractivity contribution >= 4 is 15.7 Å². The third-order valence-corrected chi connectivity index (χ3v) is 6.83. The molecule has 1 aliphatic rings. The van der Waals surface area contributed by atoms with Gasteiger partial charge < -0.3 is 14.8 Å². The SMILES string of the molecule is COc1ccccc1C1(CNC(=O)c2ccccc2S(=O)(=O)C(F)F)CCOCC1. The summed E-state index contributed by atoms with van der Waals surface area (Å²) in [5.74, 6) is -3.66. The number of benzene rings is 2. The van der Waals surface area contributed by atoms with Gasteiger partial charge in [0.05, 0.1) is 17.6 Å². The lowest BCUT2D eigenvalue weighted by molar-refractivity contribution is 0.0478. The minimum atomic E-state index is -4.91. The summed E-state index contributed by atoms with van der Waals surface area (Å²) in [5.41, 5.74) is 0.112. The van der Waals surface area contributed by atoms with Crippen LogP contribution in [0.3, 0.4) is 0 Å². The van der Waals surface area contributed by atoms with Gasteiger partial charge in [-0.2, -0.15) is 8.78 Å². The molecule has 3 rings (SSSR count). The van der Waals surface area contributed by atoms with Crippen molar-refractivity contribution in [2.24, 2.45) is 0 Å². The monoisotopic (exact) mass is 439 g/mol. The van der Waals surface area contributed by atoms with Gasteiger partial charge in [0.1, 0.15) is 5.75 Å². The first-order valence-corrected chi connectivity index (χ1v) is 11.0. The van der Waals surface area contributed by atoms with Crippen LogP contribution in [0.2, 0.25) is 0 Å². The Bertz CT molecular complexity index is 1000. The molecule has 30 heavy (non-hydrogen) atoms. The van der Waals surface area contributed by atoms with Gasteiger partial charge in [0.25, 0.3) is 5.91 Å². The van der Waals surface area contributed by atoms with Gasteiger partial charge in [-0.05, 0) is 31.0 Å². The second kappa shape index (κ2) is 9.09. The van der Waals surface area contributed by atoms with Gasteiger partial charge >= 0.3 is 5.76 Å². The molecule has 2 aromatic rings. The van der Waals surface area contributed by atoms with Gasteiger partial charge in [-0.25, -0.2) is 8.42 Å². The van der Waals surface area contributed by atoms with Crippen molar-refractivity contribution < 1.29 is 31.5 Å². The number of halogens is 2. The van der Waals surface area contributed by atoms with Gasteiger partial charge in [-0.3, -0.25) is 4.79 Å². The smallest absolute Gasteiger partial charge is 0.341 e.